The lowest BCUT2D eigenvalue weighted by Crippen LogP contribution is -2.67. The van der Waals surface area contributed by atoms with E-state index in [1.807, 2.05) is 12.1 Å². The first kappa shape index (κ1) is 31.2. The number of aliphatic hydroxyl groups is 1. The summed E-state index contributed by atoms with van der Waals surface area (Å²) >= 11 is 0. The summed E-state index contributed by atoms with van der Waals surface area (Å²) in [6, 6.07) is 5.99. The van der Waals surface area contributed by atoms with E-state index in [4.69, 9.17) is 14.6 Å². The first-order valence-corrected chi connectivity index (χ1v) is 13.4. The standard InChI is InChI=1S/C27H33F9O4/c1-23-10-9-19-18-6-4-17(38-14-11-37)15-16(18)3-5-20(19)21(23)7-8-22(23)39-12-2-13-40-24(25(28,29)30,26(31,32)33)27(34,35)36/h4,6,15,19-22,37H,2-3,5,7-14H2,1H3/t19-,20-,21+,22+,23+/m1/s1. The highest BCUT2D eigenvalue weighted by Crippen LogP contribution is 2.62. The van der Waals surface area contributed by atoms with E-state index in [-0.39, 0.29) is 31.3 Å². The molecule has 4 rings (SSSR count). The fourth-order valence-corrected chi connectivity index (χ4v) is 7.28. The molecular formula is C27H33F9O4. The number of halogens is 9. The van der Waals surface area contributed by atoms with Crippen molar-refractivity contribution in [3.8, 4) is 5.75 Å². The van der Waals surface area contributed by atoms with E-state index < -0.39 is 37.2 Å². The Bertz CT molecular complexity index is 987. The molecule has 40 heavy (non-hydrogen) atoms. The Morgan fingerprint density at radius 3 is 2.17 bits per heavy atom. The Balaban J connectivity index is 1.36. The van der Waals surface area contributed by atoms with Crippen LogP contribution in [0.4, 0.5) is 39.5 Å². The summed E-state index contributed by atoms with van der Waals surface area (Å²) in [4.78, 5) is 0. The number of rotatable bonds is 9. The first-order chi connectivity index (χ1) is 18.6. The zero-order valence-corrected chi connectivity index (χ0v) is 21.9. The largest absolute Gasteiger partial charge is 0.491 e. The molecule has 0 aliphatic heterocycles. The molecule has 2 fully saturated rings. The lowest BCUT2D eigenvalue weighted by molar-refractivity contribution is -0.457. The van der Waals surface area contributed by atoms with Crippen LogP contribution in [0.25, 0.3) is 0 Å². The summed E-state index contributed by atoms with van der Waals surface area (Å²) in [5.41, 5.74) is -4.01. The number of aryl methyl sites for hydroxylation is 1. The molecule has 228 valence electrons. The van der Waals surface area contributed by atoms with Gasteiger partial charge in [-0.1, -0.05) is 13.0 Å². The highest BCUT2D eigenvalue weighted by atomic mass is 19.4. The second-order valence-corrected chi connectivity index (χ2v) is 11.2. The average Bonchev–Trinajstić information content (AvgIpc) is 3.18. The lowest BCUT2D eigenvalue weighted by atomic mass is 9.55. The summed E-state index contributed by atoms with van der Waals surface area (Å²) in [5, 5.41) is 8.99. The number of alkyl halides is 9. The van der Waals surface area contributed by atoms with Crippen LogP contribution >= 0.6 is 0 Å². The number of aliphatic hydroxyl groups excluding tert-OH is 1. The van der Waals surface area contributed by atoms with Crippen LogP contribution in [0.2, 0.25) is 0 Å². The van der Waals surface area contributed by atoms with E-state index in [0.717, 1.165) is 32.1 Å². The van der Waals surface area contributed by atoms with Crippen molar-refractivity contribution in [3.05, 3.63) is 29.3 Å². The molecule has 0 heterocycles. The minimum absolute atomic E-state index is 0.0756. The van der Waals surface area contributed by atoms with Gasteiger partial charge in [-0.25, -0.2) is 0 Å². The maximum Gasteiger partial charge on any atom is 0.435 e. The molecule has 3 aliphatic carbocycles. The Labute approximate surface area is 226 Å². The van der Waals surface area contributed by atoms with Gasteiger partial charge in [0.1, 0.15) is 12.4 Å². The van der Waals surface area contributed by atoms with Gasteiger partial charge in [0, 0.05) is 6.61 Å². The third-order valence-electron chi connectivity index (χ3n) is 9.09. The van der Waals surface area contributed by atoms with Gasteiger partial charge in [0.2, 0.25) is 0 Å². The van der Waals surface area contributed by atoms with Gasteiger partial charge in [0.25, 0.3) is 0 Å². The molecule has 5 atom stereocenters. The van der Waals surface area contributed by atoms with E-state index in [1.165, 1.54) is 11.1 Å². The fraction of sp³-hybridized carbons (Fsp3) is 0.778. The molecule has 1 N–H and O–H groups in total. The molecule has 0 unspecified atom stereocenters. The number of hydrogen-bond acceptors (Lipinski definition) is 4. The van der Waals surface area contributed by atoms with Gasteiger partial charge in [0.05, 0.1) is 19.3 Å². The molecular weight excluding hydrogens is 559 g/mol. The third-order valence-corrected chi connectivity index (χ3v) is 9.09. The predicted molar refractivity (Wildman–Crippen MR) is 125 cm³/mol. The number of fused-ring (bicyclic) bond motifs is 5. The SMILES string of the molecule is C[C@]12CC[C@@H]3c4ccc(OCCO)cc4CC[C@H]3[C@@H]1CC[C@@H]2OCCCOC(C(F)(F)F)(C(F)(F)F)C(F)(F)F. The maximum atomic E-state index is 13.0. The summed E-state index contributed by atoms with van der Waals surface area (Å²) < 4.78 is 132. The number of benzene rings is 1. The first-order valence-electron chi connectivity index (χ1n) is 13.4. The summed E-state index contributed by atoms with van der Waals surface area (Å²) in [5.74, 6) is 1.75. The van der Waals surface area contributed by atoms with E-state index in [0.29, 0.717) is 29.9 Å². The Morgan fingerprint density at radius 2 is 1.55 bits per heavy atom. The number of ether oxygens (including phenoxy) is 3. The van der Waals surface area contributed by atoms with E-state index in [2.05, 4.69) is 17.7 Å². The van der Waals surface area contributed by atoms with Crippen LogP contribution in [0, 0.1) is 17.3 Å². The van der Waals surface area contributed by atoms with E-state index in [9.17, 15) is 39.5 Å². The predicted octanol–water partition coefficient (Wildman–Crippen LogP) is 7.13. The monoisotopic (exact) mass is 592 g/mol. The van der Waals surface area contributed by atoms with Crippen LogP contribution in [-0.4, -0.2) is 61.8 Å². The van der Waals surface area contributed by atoms with Gasteiger partial charge in [-0.05, 0) is 91.4 Å². The topological polar surface area (TPSA) is 47.9 Å². The quantitative estimate of drug-likeness (QED) is 0.245. The molecule has 1 aromatic rings. The molecule has 0 amide bonds. The third kappa shape index (κ3) is 5.42. The van der Waals surface area contributed by atoms with Crippen molar-refractivity contribution in [2.24, 2.45) is 17.3 Å². The van der Waals surface area contributed by atoms with Crippen molar-refractivity contribution < 1.29 is 58.8 Å². The van der Waals surface area contributed by atoms with Gasteiger partial charge >= 0.3 is 24.1 Å². The van der Waals surface area contributed by atoms with Gasteiger partial charge in [-0.15, -0.1) is 0 Å². The molecule has 1 aromatic carbocycles. The van der Waals surface area contributed by atoms with E-state index >= 15 is 0 Å². The second kappa shape index (κ2) is 11.2. The minimum atomic E-state index is -6.73. The van der Waals surface area contributed by atoms with Crippen molar-refractivity contribution in [1.29, 1.82) is 0 Å². The Hall–Kier alpha value is -1.73. The summed E-state index contributed by atoms with van der Waals surface area (Å²) in [6.07, 6.45) is -16.0. The molecule has 0 spiro atoms. The molecule has 3 aliphatic rings. The number of hydrogen-bond donors (Lipinski definition) is 1. The van der Waals surface area contributed by atoms with Gasteiger partial charge in [-0.2, -0.15) is 39.5 Å². The zero-order valence-electron chi connectivity index (χ0n) is 21.9. The zero-order chi connectivity index (χ0) is 29.6. The normalized spacial score (nSPS) is 29.1. The van der Waals surface area contributed by atoms with Crippen molar-refractivity contribution in [2.75, 3.05) is 26.4 Å². The summed E-state index contributed by atoms with van der Waals surface area (Å²) in [6.45, 7) is 0.493. The van der Waals surface area contributed by atoms with Crippen LogP contribution in [-0.2, 0) is 15.9 Å². The van der Waals surface area contributed by atoms with Crippen molar-refractivity contribution in [2.45, 2.75) is 88.0 Å². The highest BCUT2D eigenvalue weighted by Gasteiger charge is 2.85. The smallest absolute Gasteiger partial charge is 0.435 e. The van der Waals surface area contributed by atoms with Crippen LogP contribution in [0.5, 0.6) is 5.75 Å². The second-order valence-electron chi connectivity index (χ2n) is 11.2. The van der Waals surface area contributed by atoms with Crippen molar-refractivity contribution in [1.82, 2.24) is 0 Å². The molecule has 2 saturated carbocycles. The minimum Gasteiger partial charge on any atom is -0.491 e. The molecule has 4 nitrogen and oxygen atoms in total. The van der Waals surface area contributed by atoms with Crippen molar-refractivity contribution in [3.63, 3.8) is 0 Å². The Morgan fingerprint density at radius 1 is 0.875 bits per heavy atom. The van der Waals surface area contributed by atoms with Crippen LogP contribution in [0.15, 0.2) is 18.2 Å². The van der Waals surface area contributed by atoms with E-state index in [1.54, 1.807) is 0 Å². The molecule has 13 heteroatoms. The molecule has 0 saturated heterocycles. The molecule has 0 bridgehead atoms. The highest BCUT2D eigenvalue weighted by molar-refractivity contribution is 5.40. The van der Waals surface area contributed by atoms with Crippen molar-refractivity contribution >= 4 is 0 Å². The van der Waals surface area contributed by atoms with Gasteiger partial charge < -0.3 is 19.3 Å². The fourth-order valence-electron chi connectivity index (χ4n) is 7.28. The average molecular weight is 593 g/mol. The van der Waals surface area contributed by atoms with Gasteiger partial charge in [0.15, 0.2) is 0 Å². The summed E-state index contributed by atoms with van der Waals surface area (Å²) in [7, 11) is 0. The lowest BCUT2D eigenvalue weighted by Gasteiger charge is -2.50. The van der Waals surface area contributed by atoms with Crippen LogP contribution in [0.3, 0.4) is 0 Å². The van der Waals surface area contributed by atoms with Gasteiger partial charge in [-0.3, -0.25) is 0 Å². The van der Waals surface area contributed by atoms with Crippen LogP contribution in [0.1, 0.15) is 62.5 Å². The maximum absolute atomic E-state index is 13.0. The molecule has 0 radical (unpaired) electrons. The van der Waals surface area contributed by atoms with Crippen LogP contribution < -0.4 is 4.74 Å². The molecule has 0 aromatic heterocycles. The Kier molecular flexibility index (Phi) is 8.71.